The predicted molar refractivity (Wildman–Crippen MR) is 71.4 cm³/mol. The van der Waals surface area contributed by atoms with Gasteiger partial charge in [-0.25, -0.2) is 4.79 Å². The van der Waals surface area contributed by atoms with Crippen molar-refractivity contribution in [3.63, 3.8) is 0 Å². The number of benzene rings is 1. The van der Waals surface area contributed by atoms with E-state index in [4.69, 9.17) is 10.2 Å². The molecule has 0 aliphatic carbocycles. The summed E-state index contributed by atoms with van der Waals surface area (Å²) >= 11 is 0. The van der Waals surface area contributed by atoms with Crippen molar-refractivity contribution < 1.29 is 4.42 Å². The summed E-state index contributed by atoms with van der Waals surface area (Å²) in [7, 11) is 0. The van der Waals surface area contributed by atoms with Gasteiger partial charge >= 0.3 is 5.76 Å². The minimum atomic E-state index is -0.417. The zero-order valence-corrected chi connectivity index (χ0v) is 10.7. The SMILES string of the molecule is CC(C)(CN)CNCc1ccc2[nH]c(=O)oc2c1. The summed E-state index contributed by atoms with van der Waals surface area (Å²) in [6.45, 7) is 6.46. The van der Waals surface area contributed by atoms with Gasteiger partial charge in [-0.05, 0) is 29.7 Å². The van der Waals surface area contributed by atoms with Crippen LogP contribution in [0.15, 0.2) is 27.4 Å². The van der Waals surface area contributed by atoms with Gasteiger partial charge in [-0.2, -0.15) is 0 Å². The minimum absolute atomic E-state index is 0.0880. The third-order valence-corrected chi connectivity index (χ3v) is 2.97. The van der Waals surface area contributed by atoms with Crippen molar-refractivity contribution in [3.8, 4) is 0 Å². The van der Waals surface area contributed by atoms with Crippen LogP contribution in [0.5, 0.6) is 0 Å². The number of rotatable bonds is 5. The third kappa shape index (κ3) is 3.00. The normalized spacial score (nSPS) is 12.2. The molecule has 0 amide bonds. The van der Waals surface area contributed by atoms with E-state index in [1.165, 1.54) is 0 Å². The standard InChI is InChI=1S/C13H19N3O2/c1-13(2,7-14)8-15-6-9-3-4-10-11(5-9)18-12(17)16-10/h3-5,15H,6-8,14H2,1-2H3,(H,16,17). The summed E-state index contributed by atoms with van der Waals surface area (Å²) in [4.78, 5) is 13.6. The van der Waals surface area contributed by atoms with Crippen molar-refractivity contribution in [2.24, 2.45) is 11.1 Å². The maximum Gasteiger partial charge on any atom is 0.417 e. The predicted octanol–water partition coefficient (Wildman–Crippen LogP) is 1.20. The molecule has 1 heterocycles. The zero-order valence-electron chi connectivity index (χ0n) is 10.7. The van der Waals surface area contributed by atoms with E-state index in [9.17, 15) is 4.79 Å². The Morgan fingerprint density at radius 3 is 2.94 bits per heavy atom. The molecule has 5 nitrogen and oxygen atoms in total. The Balaban J connectivity index is 2.01. The Morgan fingerprint density at radius 2 is 2.22 bits per heavy atom. The molecule has 1 aromatic heterocycles. The third-order valence-electron chi connectivity index (χ3n) is 2.97. The lowest BCUT2D eigenvalue weighted by Gasteiger charge is -2.22. The van der Waals surface area contributed by atoms with Crippen LogP contribution in [0.25, 0.3) is 11.1 Å². The highest BCUT2D eigenvalue weighted by Crippen LogP contribution is 2.13. The van der Waals surface area contributed by atoms with Crippen molar-refractivity contribution in [1.29, 1.82) is 0 Å². The number of oxazole rings is 1. The van der Waals surface area contributed by atoms with E-state index in [0.717, 1.165) is 24.2 Å². The van der Waals surface area contributed by atoms with Gasteiger partial charge in [0.05, 0.1) is 5.52 Å². The summed E-state index contributed by atoms with van der Waals surface area (Å²) in [5.74, 6) is -0.417. The molecule has 0 saturated heterocycles. The Bertz CT molecular complexity index is 583. The molecule has 0 radical (unpaired) electrons. The fourth-order valence-electron chi connectivity index (χ4n) is 1.72. The largest absolute Gasteiger partial charge is 0.417 e. The first-order chi connectivity index (χ1) is 8.50. The quantitative estimate of drug-likeness (QED) is 0.743. The summed E-state index contributed by atoms with van der Waals surface area (Å²) in [5.41, 5.74) is 8.16. The Kier molecular flexibility index (Phi) is 3.54. The highest BCUT2D eigenvalue weighted by molar-refractivity contribution is 5.72. The van der Waals surface area contributed by atoms with Crippen LogP contribution >= 0.6 is 0 Å². The van der Waals surface area contributed by atoms with Gasteiger partial charge in [-0.3, -0.25) is 4.98 Å². The van der Waals surface area contributed by atoms with Gasteiger partial charge in [-0.15, -0.1) is 0 Å². The van der Waals surface area contributed by atoms with Crippen molar-refractivity contribution in [1.82, 2.24) is 10.3 Å². The van der Waals surface area contributed by atoms with Crippen LogP contribution in [0.2, 0.25) is 0 Å². The highest BCUT2D eigenvalue weighted by Gasteiger charge is 2.14. The second-order valence-corrected chi connectivity index (χ2v) is 5.32. The number of nitrogens with one attached hydrogen (secondary N) is 2. The molecule has 2 aromatic rings. The molecule has 2 rings (SSSR count). The van der Waals surface area contributed by atoms with E-state index < -0.39 is 5.76 Å². The molecule has 4 N–H and O–H groups in total. The van der Waals surface area contributed by atoms with Gasteiger partial charge in [0, 0.05) is 13.1 Å². The molecule has 0 atom stereocenters. The van der Waals surface area contributed by atoms with Crippen molar-refractivity contribution in [2.45, 2.75) is 20.4 Å². The van der Waals surface area contributed by atoms with Gasteiger partial charge in [0.25, 0.3) is 0 Å². The smallest absolute Gasteiger partial charge is 0.408 e. The second kappa shape index (κ2) is 4.96. The van der Waals surface area contributed by atoms with Crippen LogP contribution in [0.4, 0.5) is 0 Å². The average molecular weight is 249 g/mol. The van der Waals surface area contributed by atoms with Crippen LogP contribution in [-0.2, 0) is 6.54 Å². The molecule has 0 saturated carbocycles. The second-order valence-electron chi connectivity index (χ2n) is 5.32. The number of H-pyrrole nitrogens is 1. The van der Waals surface area contributed by atoms with Crippen molar-refractivity contribution in [2.75, 3.05) is 13.1 Å². The first-order valence-corrected chi connectivity index (χ1v) is 6.03. The van der Waals surface area contributed by atoms with Gasteiger partial charge in [0.2, 0.25) is 0 Å². The molecule has 5 heteroatoms. The first-order valence-electron chi connectivity index (χ1n) is 6.03. The summed E-state index contributed by atoms with van der Waals surface area (Å²) in [5, 5.41) is 3.35. The number of fused-ring (bicyclic) bond motifs is 1. The maximum atomic E-state index is 11.0. The van der Waals surface area contributed by atoms with Gasteiger partial charge in [0.1, 0.15) is 0 Å². The minimum Gasteiger partial charge on any atom is -0.408 e. The molecule has 0 unspecified atom stereocenters. The lowest BCUT2D eigenvalue weighted by molar-refractivity contribution is 0.351. The zero-order chi connectivity index (χ0) is 13.2. The van der Waals surface area contributed by atoms with Gasteiger partial charge in [-0.1, -0.05) is 19.9 Å². The van der Waals surface area contributed by atoms with E-state index in [2.05, 4.69) is 24.1 Å². The van der Waals surface area contributed by atoms with Crippen LogP contribution < -0.4 is 16.8 Å². The molecule has 0 bridgehead atoms. The van der Waals surface area contributed by atoms with Crippen molar-refractivity contribution >= 4 is 11.1 Å². The average Bonchev–Trinajstić information content (AvgIpc) is 2.68. The maximum absolute atomic E-state index is 11.0. The Hall–Kier alpha value is -1.59. The van der Waals surface area contributed by atoms with Gasteiger partial charge in [0.15, 0.2) is 5.58 Å². The number of aromatic amines is 1. The molecular weight excluding hydrogens is 230 g/mol. The summed E-state index contributed by atoms with van der Waals surface area (Å²) in [6, 6.07) is 5.69. The Labute approximate surface area is 105 Å². The summed E-state index contributed by atoms with van der Waals surface area (Å²) < 4.78 is 5.02. The van der Waals surface area contributed by atoms with Crippen molar-refractivity contribution in [3.05, 3.63) is 34.3 Å². The number of hydrogen-bond donors (Lipinski definition) is 3. The van der Waals surface area contributed by atoms with Crippen LogP contribution in [0.3, 0.4) is 0 Å². The molecule has 0 fully saturated rings. The van der Waals surface area contributed by atoms with Crippen LogP contribution in [0.1, 0.15) is 19.4 Å². The Morgan fingerprint density at radius 1 is 1.44 bits per heavy atom. The van der Waals surface area contributed by atoms with Crippen LogP contribution in [-0.4, -0.2) is 18.1 Å². The monoisotopic (exact) mass is 249 g/mol. The molecule has 98 valence electrons. The fraction of sp³-hybridized carbons (Fsp3) is 0.462. The number of nitrogens with two attached hydrogens (primary N) is 1. The molecular formula is C13H19N3O2. The summed E-state index contributed by atoms with van der Waals surface area (Å²) in [6.07, 6.45) is 0. The molecule has 18 heavy (non-hydrogen) atoms. The lowest BCUT2D eigenvalue weighted by Crippen LogP contribution is -2.35. The number of aromatic nitrogens is 1. The van der Waals surface area contributed by atoms with E-state index in [1.807, 2.05) is 18.2 Å². The van der Waals surface area contributed by atoms with E-state index in [0.29, 0.717) is 12.1 Å². The van der Waals surface area contributed by atoms with E-state index in [1.54, 1.807) is 0 Å². The lowest BCUT2D eigenvalue weighted by atomic mass is 9.94. The van der Waals surface area contributed by atoms with Gasteiger partial charge < -0.3 is 15.5 Å². The highest BCUT2D eigenvalue weighted by atomic mass is 16.4. The molecule has 0 aliphatic heterocycles. The van der Waals surface area contributed by atoms with E-state index in [-0.39, 0.29) is 5.41 Å². The van der Waals surface area contributed by atoms with Crippen LogP contribution in [0, 0.1) is 5.41 Å². The molecule has 0 aliphatic rings. The fourth-order valence-corrected chi connectivity index (χ4v) is 1.72. The number of hydrogen-bond acceptors (Lipinski definition) is 4. The molecule has 1 aromatic carbocycles. The van der Waals surface area contributed by atoms with E-state index >= 15 is 0 Å². The topological polar surface area (TPSA) is 84.0 Å². The first kappa shape index (κ1) is 12.9. The molecule has 0 spiro atoms.